The summed E-state index contributed by atoms with van der Waals surface area (Å²) in [5, 5.41) is 21.6. The molecule has 23 heavy (non-hydrogen) atoms. The van der Waals surface area contributed by atoms with Crippen molar-refractivity contribution < 1.29 is 14.9 Å². The molecular weight excluding hydrogens is 290 g/mol. The van der Waals surface area contributed by atoms with Gasteiger partial charge in [-0.3, -0.25) is 4.98 Å². The minimum Gasteiger partial charge on any atom is -0.496 e. The molecule has 3 aromatic rings. The van der Waals surface area contributed by atoms with Crippen LogP contribution in [0.3, 0.4) is 0 Å². The first-order chi connectivity index (χ1) is 11.2. The van der Waals surface area contributed by atoms with E-state index in [-0.39, 0.29) is 13.2 Å². The molecule has 1 aromatic heterocycles. The summed E-state index contributed by atoms with van der Waals surface area (Å²) >= 11 is 0. The Kier molecular flexibility index (Phi) is 4.28. The van der Waals surface area contributed by atoms with Gasteiger partial charge in [-0.05, 0) is 75.8 Å². The van der Waals surface area contributed by atoms with Crippen LogP contribution in [-0.2, 0) is 13.2 Å². The average Bonchev–Trinajstić information content (AvgIpc) is 2.60. The maximum Gasteiger partial charge on any atom is 0.122 e. The van der Waals surface area contributed by atoms with Crippen LogP contribution in [0.2, 0.25) is 0 Å². The molecule has 4 nitrogen and oxygen atoms in total. The predicted octanol–water partition coefficient (Wildman–Crippen LogP) is 3.20. The van der Waals surface area contributed by atoms with E-state index in [1.54, 1.807) is 19.5 Å². The van der Waals surface area contributed by atoms with Gasteiger partial charge < -0.3 is 14.9 Å². The zero-order valence-corrected chi connectivity index (χ0v) is 13.2. The van der Waals surface area contributed by atoms with Gasteiger partial charge in [0.1, 0.15) is 5.75 Å². The molecule has 2 N–H and O–H groups in total. The van der Waals surface area contributed by atoms with E-state index in [0.717, 1.165) is 44.3 Å². The first-order valence-corrected chi connectivity index (χ1v) is 7.44. The number of nitrogens with zero attached hydrogens (tertiary/aromatic N) is 1. The van der Waals surface area contributed by atoms with E-state index in [2.05, 4.69) is 11.1 Å². The first-order valence-electron chi connectivity index (χ1n) is 7.44. The second kappa shape index (κ2) is 6.36. The maximum absolute atomic E-state index is 9.87. The Morgan fingerprint density at radius 2 is 1.78 bits per heavy atom. The number of hydrogen-bond donors (Lipinski definition) is 2. The molecule has 1 heterocycles. The van der Waals surface area contributed by atoms with Crippen molar-refractivity contribution in [3.8, 4) is 16.9 Å². The average molecular weight is 309 g/mol. The van der Waals surface area contributed by atoms with E-state index >= 15 is 0 Å². The number of ether oxygens (including phenoxy) is 1. The molecule has 0 spiro atoms. The third kappa shape index (κ3) is 2.67. The number of hydrogen-bond acceptors (Lipinski definition) is 4. The Bertz CT molecular complexity index is 844. The Hall–Kier alpha value is -2.43. The number of benzene rings is 2. The van der Waals surface area contributed by atoms with Gasteiger partial charge in [0.25, 0.3) is 0 Å². The minimum absolute atomic E-state index is 0.125. The lowest BCUT2D eigenvalue weighted by Crippen LogP contribution is -2.00. The van der Waals surface area contributed by atoms with Crippen LogP contribution < -0.4 is 4.74 Å². The Morgan fingerprint density at radius 3 is 2.39 bits per heavy atom. The third-order valence-corrected chi connectivity index (χ3v) is 4.15. The molecule has 118 valence electrons. The molecule has 0 unspecified atom stereocenters. The summed E-state index contributed by atoms with van der Waals surface area (Å²) in [4.78, 5) is 4.06. The van der Waals surface area contributed by atoms with Crippen molar-refractivity contribution in [2.45, 2.75) is 20.1 Å². The highest BCUT2D eigenvalue weighted by Gasteiger charge is 2.15. The number of aryl methyl sites for hydroxylation is 1. The summed E-state index contributed by atoms with van der Waals surface area (Å²) in [6.07, 6.45) is 3.45. The lowest BCUT2D eigenvalue weighted by atomic mass is 9.89. The number of aromatic nitrogens is 1. The van der Waals surface area contributed by atoms with Crippen molar-refractivity contribution in [1.29, 1.82) is 0 Å². The molecule has 0 saturated carbocycles. The van der Waals surface area contributed by atoms with Gasteiger partial charge in [-0.15, -0.1) is 0 Å². The topological polar surface area (TPSA) is 62.6 Å². The van der Waals surface area contributed by atoms with E-state index in [9.17, 15) is 10.2 Å². The van der Waals surface area contributed by atoms with E-state index in [1.807, 2.05) is 31.2 Å². The smallest absolute Gasteiger partial charge is 0.122 e. The molecule has 0 radical (unpaired) electrons. The molecule has 0 bridgehead atoms. The Balaban J connectivity index is 2.44. The Labute approximate surface area is 135 Å². The molecule has 0 fully saturated rings. The van der Waals surface area contributed by atoms with Crippen molar-refractivity contribution in [3.63, 3.8) is 0 Å². The standard InChI is InChI=1S/C19H19NO3/c1-12-7-16-14(9-18(12)23-2)8-15(10-21)17(11-22)19(16)13-3-5-20-6-4-13/h3-9,21-22H,10-11H2,1-2H3. The monoisotopic (exact) mass is 309 g/mol. The number of aliphatic hydroxyl groups excluding tert-OH is 2. The van der Waals surface area contributed by atoms with Crippen LogP contribution in [0.1, 0.15) is 16.7 Å². The lowest BCUT2D eigenvalue weighted by molar-refractivity contribution is 0.260. The fourth-order valence-electron chi connectivity index (χ4n) is 3.03. The minimum atomic E-state index is -0.130. The van der Waals surface area contributed by atoms with E-state index in [0.29, 0.717) is 0 Å². The summed E-state index contributed by atoms with van der Waals surface area (Å²) < 4.78 is 5.41. The molecule has 0 aliphatic rings. The summed E-state index contributed by atoms with van der Waals surface area (Å²) in [6, 6.07) is 9.76. The quantitative estimate of drug-likeness (QED) is 0.777. The van der Waals surface area contributed by atoms with E-state index in [4.69, 9.17) is 4.74 Å². The van der Waals surface area contributed by atoms with Gasteiger partial charge in [-0.1, -0.05) is 0 Å². The highest BCUT2D eigenvalue weighted by atomic mass is 16.5. The normalized spacial score (nSPS) is 11.0. The van der Waals surface area contributed by atoms with Crippen molar-refractivity contribution in [2.75, 3.05) is 7.11 Å². The van der Waals surface area contributed by atoms with E-state index < -0.39 is 0 Å². The van der Waals surface area contributed by atoms with Crippen LogP contribution in [0.15, 0.2) is 42.7 Å². The molecule has 3 rings (SSSR count). The number of fused-ring (bicyclic) bond motifs is 1. The zero-order valence-electron chi connectivity index (χ0n) is 13.2. The fraction of sp³-hybridized carbons (Fsp3) is 0.211. The highest BCUT2D eigenvalue weighted by molar-refractivity contribution is 6.00. The molecular formula is C19H19NO3. The predicted molar refractivity (Wildman–Crippen MR) is 90.3 cm³/mol. The number of aliphatic hydroxyl groups is 2. The SMILES string of the molecule is COc1cc2cc(CO)c(CO)c(-c3ccncc3)c2cc1C. The lowest BCUT2D eigenvalue weighted by Gasteiger charge is -2.17. The first kappa shape index (κ1) is 15.5. The van der Waals surface area contributed by atoms with Gasteiger partial charge in [0, 0.05) is 12.4 Å². The molecule has 0 aliphatic heterocycles. The molecule has 4 heteroatoms. The van der Waals surface area contributed by atoms with Gasteiger partial charge in [-0.2, -0.15) is 0 Å². The van der Waals surface area contributed by atoms with Crippen molar-refractivity contribution in [1.82, 2.24) is 4.98 Å². The molecule has 0 aliphatic carbocycles. The number of methoxy groups -OCH3 is 1. The number of pyridine rings is 1. The molecule has 0 saturated heterocycles. The van der Waals surface area contributed by atoms with Crippen molar-refractivity contribution >= 4 is 10.8 Å². The second-order valence-electron chi connectivity index (χ2n) is 5.48. The molecule has 2 aromatic carbocycles. The third-order valence-electron chi connectivity index (χ3n) is 4.15. The summed E-state index contributed by atoms with van der Waals surface area (Å²) in [7, 11) is 1.65. The van der Waals surface area contributed by atoms with E-state index in [1.165, 1.54) is 0 Å². The van der Waals surface area contributed by atoms with Crippen LogP contribution in [-0.4, -0.2) is 22.3 Å². The van der Waals surface area contributed by atoms with Crippen LogP contribution in [0.25, 0.3) is 21.9 Å². The van der Waals surface area contributed by atoms with Gasteiger partial charge in [0.15, 0.2) is 0 Å². The van der Waals surface area contributed by atoms with Gasteiger partial charge in [0.05, 0.1) is 20.3 Å². The molecule has 0 amide bonds. The van der Waals surface area contributed by atoms with Crippen LogP contribution in [0, 0.1) is 6.92 Å². The van der Waals surface area contributed by atoms with Gasteiger partial charge in [-0.25, -0.2) is 0 Å². The maximum atomic E-state index is 9.87. The zero-order chi connectivity index (χ0) is 16.4. The summed E-state index contributed by atoms with van der Waals surface area (Å²) in [5.41, 5.74) is 4.39. The van der Waals surface area contributed by atoms with Crippen LogP contribution in [0.5, 0.6) is 5.75 Å². The van der Waals surface area contributed by atoms with Crippen LogP contribution >= 0.6 is 0 Å². The van der Waals surface area contributed by atoms with Crippen molar-refractivity contribution in [2.24, 2.45) is 0 Å². The fourth-order valence-corrected chi connectivity index (χ4v) is 3.03. The summed E-state index contributed by atoms with van der Waals surface area (Å²) in [5.74, 6) is 0.804. The summed E-state index contributed by atoms with van der Waals surface area (Å²) in [6.45, 7) is 1.74. The molecule has 0 atom stereocenters. The Morgan fingerprint density at radius 1 is 1.04 bits per heavy atom. The van der Waals surface area contributed by atoms with Gasteiger partial charge >= 0.3 is 0 Å². The van der Waals surface area contributed by atoms with Crippen LogP contribution in [0.4, 0.5) is 0 Å². The number of rotatable bonds is 4. The van der Waals surface area contributed by atoms with Crippen molar-refractivity contribution in [3.05, 3.63) is 59.4 Å². The van der Waals surface area contributed by atoms with Gasteiger partial charge in [0.2, 0.25) is 0 Å². The highest BCUT2D eigenvalue weighted by Crippen LogP contribution is 2.37. The second-order valence-corrected chi connectivity index (χ2v) is 5.48. The largest absolute Gasteiger partial charge is 0.496 e.